The fraction of sp³-hybridized carbons (Fsp3) is 1.00. The predicted octanol–water partition coefficient (Wildman–Crippen LogP) is 1.74. The zero-order valence-corrected chi connectivity index (χ0v) is 12.2. The highest BCUT2D eigenvalue weighted by Gasteiger charge is 2.55. The lowest BCUT2D eigenvalue weighted by atomic mass is 9.85. The Morgan fingerprint density at radius 3 is 2.53 bits per heavy atom. The second kappa shape index (κ2) is 4.21. The number of nitrogens with one attached hydrogen (secondary N) is 1. The van der Waals surface area contributed by atoms with Crippen molar-refractivity contribution in [2.45, 2.75) is 107 Å². The van der Waals surface area contributed by atoms with Gasteiger partial charge >= 0.3 is 0 Å². The SMILES string of the molecule is C1CC2CCC3CC4CCC5CCCC(C(C1)N23)[NH+]54. The van der Waals surface area contributed by atoms with E-state index in [1.165, 1.54) is 38.5 Å². The zero-order chi connectivity index (χ0) is 12.4. The van der Waals surface area contributed by atoms with Crippen molar-refractivity contribution in [1.82, 2.24) is 4.90 Å². The van der Waals surface area contributed by atoms with Crippen molar-refractivity contribution in [2.24, 2.45) is 0 Å². The highest BCUT2D eigenvalue weighted by molar-refractivity contribution is 5.01. The average molecular weight is 261 g/mol. The molecule has 0 aromatic rings. The first-order chi connectivity index (χ1) is 9.42. The van der Waals surface area contributed by atoms with Gasteiger partial charge in [-0.05, 0) is 38.5 Å². The summed E-state index contributed by atoms with van der Waals surface area (Å²) in [6, 6.07) is 6.08. The van der Waals surface area contributed by atoms with E-state index >= 15 is 0 Å². The molecule has 0 bridgehead atoms. The molecule has 0 aromatic heterocycles. The number of fused-ring (bicyclic) bond motifs is 1. The van der Waals surface area contributed by atoms with Crippen molar-refractivity contribution >= 4 is 0 Å². The molecule has 7 unspecified atom stereocenters. The number of nitrogens with zero attached hydrogens (tertiary/aromatic N) is 1. The van der Waals surface area contributed by atoms with Gasteiger partial charge in [0.05, 0.1) is 18.1 Å². The molecule has 5 heterocycles. The van der Waals surface area contributed by atoms with Crippen LogP contribution in [0.2, 0.25) is 0 Å². The molecule has 0 radical (unpaired) electrons. The van der Waals surface area contributed by atoms with Crippen molar-refractivity contribution in [1.29, 1.82) is 0 Å². The Labute approximate surface area is 117 Å². The molecular weight excluding hydrogens is 232 g/mol. The smallest absolute Gasteiger partial charge is 0.104 e. The van der Waals surface area contributed by atoms with Crippen LogP contribution in [0.4, 0.5) is 0 Å². The third-order valence-corrected chi connectivity index (χ3v) is 7.42. The molecule has 0 amide bonds. The van der Waals surface area contributed by atoms with Crippen LogP contribution in [0.1, 0.15) is 70.6 Å². The largest absolute Gasteiger partial charge is 0.326 e. The topological polar surface area (TPSA) is 7.68 Å². The van der Waals surface area contributed by atoms with Crippen molar-refractivity contribution in [3.8, 4) is 0 Å². The fourth-order valence-corrected chi connectivity index (χ4v) is 6.91. The maximum Gasteiger partial charge on any atom is 0.104 e. The van der Waals surface area contributed by atoms with Crippen LogP contribution in [0.5, 0.6) is 0 Å². The molecule has 0 saturated carbocycles. The molecular formula is C17H29N2+. The van der Waals surface area contributed by atoms with E-state index in [0.717, 1.165) is 36.3 Å². The maximum atomic E-state index is 3.07. The fourth-order valence-electron chi connectivity index (χ4n) is 6.91. The number of rotatable bonds is 0. The molecule has 0 spiro atoms. The summed E-state index contributed by atoms with van der Waals surface area (Å²) < 4.78 is 0. The Balaban J connectivity index is 1.55. The predicted molar refractivity (Wildman–Crippen MR) is 76.3 cm³/mol. The summed E-state index contributed by atoms with van der Waals surface area (Å²) in [5.74, 6) is 0. The summed E-state index contributed by atoms with van der Waals surface area (Å²) in [5.41, 5.74) is 0. The lowest BCUT2D eigenvalue weighted by Crippen LogP contribution is -3.22. The monoisotopic (exact) mass is 261 g/mol. The highest BCUT2D eigenvalue weighted by atomic mass is 15.4. The minimum atomic E-state index is 0.979. The first-order valence-corrected chi connectivity index (χ1v) is 9.06. The quantitative estimate of drug-likeness (QED) is 0.698. The van der Waals surface area contributed by atoms with Gasteiger partial charge in [-0.3, -0.25) is 4.90 Å². The van der Waals surface area contributed by atoms with E-state index in [2.05, 4.69) is 9.80 Å². The summed E-state index contributed by atoms with van der Waals surface area (Å²) in [5, 5.41) is 0. The summed E-state index contributed by atoms with van der Waals surface area (Å²) >= 11 is 0. The molecule has 5 fully saturated rings. The Hall–Kier alpha value is -0.0800. The molecule has 5 rings (SSSR count). The highest BCUT2D eigenvalue weighted by Crippen LogP contribution is 2.41. The molecule has 2 heteroatoms. The molecule has 0 aromatic carbocycles. The van der Waals surface area contributed by atoms with Gasteiger partial charge in [0, 0.05) is 37.8 Å². The van der Waals surface area contributed by atoms with Crippen LogP contribution in [0.25, 0.3) is 0 Å². The van der Waals surface area contributed by atoms with Crippen LogP contribution in [0.15, 0.2) is 0 Å². The van der Waals surface area contributed by atoms with E-state index in [9.17, 15) is 0 Å². The van der Waals surface area contributed by atoms with Crippen molar-refractivity contribution < 1.29 is 4.90 Å². The van der Waals surface area contributed by atoms with E-state index < -0.39 is 0 Å². The minimum Gasteiger partial charge on any atom is -0.326 e. The summed E-state index contributed by atoms with van der Waals surface area (Å²) in [6.07, 6.45) is 16.9. The second-order valence-corrected chi connectivity index (χ2v) is 8.07. The van der Waals surface area contributed by atoms with Crippen LogP contribution in [0.3, 0.4) is 0 Å². The molecule has 0 aliphatic carbocycles. The van der Waals surface area contributed by atoms with Crippen LogP contribution in [-0.4, -0.2) is 41.2 Å². The van der Waals surface area contributed by atoms with Gasteiger partial charge in [0.1, 0.15) is 6.04 Å². The van der Waals surface area contributed by atoms with Gasteiger partial charge in [-0.1, -0.05) is 6.42 Å². The molecule has 2 nitrogen and oxygen atoms in total. The molecule has 7 atom stereocenters. The van der Waals surface area contributed by atoms with Crippen LogP contribution < -0.4 is 4.90 Å². The van der Waals surface area contributed by atoms with E-state index in [-0.39, 0.29) is 0 Å². The number of hydrogen-bond acceptors (Lipinski definition) is 1. The first-order valence-electron chi connectivity index (χ1n) is 9.06. The third-order valence-electron chi connectivity index (χ3n) is 7.42. The van der Waals surface area contributed by atoms with Crippen molar-refractivity contribution in [3.05, 3.63) is 0 Å². The van der Waals surface area contributed by atoms with Gasteiger partial charge in [-0.15, -0.1) is 0 Å². The molecule has 5 aliphatic heterocycles. The van der Waals surface area contributed by atoms with Crippen molar-refractivity contribution in [3.63, 3.8) is 0 Å². The second-order valence-electron chi connectivity index (χ2n) is 8.07. The number of piperidine rings is 2. The van der Waals surface area contributed by atoms with Gasteiger partial charge in [0.25, 0.3) is 0 Å². The summed E-state index contributed by atoms with van der Waals surface area (Å²) in [4.78, 5) is 5.17. The Kier molecular flexibility index (Phi) is 2.56. The van der Waals surface area contributed by atoms with Gasteiger partial charge in [-0.2, -0.15) is 0 Å². The van der Waals surface area contributed by atoms with Crippen LogP contribution in [0, 0.1) is 0 Å². The lowest BCUT2D eigenvalue weighted by Gasteiger charge is -2.46. The number of quaternary nitrogens is 1. The van der Waals surface area contributed by atoms with Gasteiger partial charge < -0.3 is 4.90 Å². The Morgan fingerprint density at radius 1 is 0.684 bits per heavy atom. The molecule has 106 valence electrons. The van der Waals surface area contributed by atoms with Crippen LogP contribution >= 0.6 is 0 Å². The van der Waals surface area contributed by atoms with Gasteiger partial charge in [0.15, 0.2) is 0 Å². The molecule has 5 aliphatic rings. The van der Waals surface area contributed by atoms with Gasteiger partial charge in [0.2, 0.25) is 0 Å². The first kappa shape index (κ1) is 11.6. The van der Waals surface area contributed by atoms with E-state index in [1.807, 2.05) is 0 Å². The third kappa shape index (κ3) is 1.56. The van der Waals surface area contributed by atoms with E-state index in [4.69, 9.17) is 0 Å². The minimum absolute atomic E-state index is 0.979. The van der Waals surface area contributed by atoms with E-state index in [1.54, 1.807) is 32.1 Å². The lowest BCUT2D eigenvalue weighted by molar-refractivity contribution is -0.965. The zero-order valence-electron chi connectivity index (χ0n) is 12.2. The maximum absolute atomic E-state index is 3.07. The van der Waals surface area contributed by atoms with Crippen LogP contribution in [-0.2, 0) is 0 Å². The molecule has 1 N–H and O–H groups in total. The molecule has 5 saturated heterocycles. The Morgan fingerprint density at radius 2 is 1.53 bits per heavy atom. The standard InChI is InChI=1S/C17H28N2/c1-3-12-7-9-14-11-15-10-8-13-4-2-6-17(19(13)15)16(5-1)18(12)14/h12-17H,1-11H2/p+1. The average Bonchev–Trinajstić information content (AvgIpc) is 3.00. The summed E-state index contributed by atoms with van der Waals surface area (Å²) in [6.45, 7) is 0. The molecule has 19 heavy (non-hydrogen) atoms. The van der Waals surface area contributed by atoms with Gasteiger partial charge in [-0.25, -0.2) is 0 Å². The Bertz CT molecular complexity index is 334. The van der Waals surface area contributed by atoms with Crippen molar-refractivity contribution in [2.75, 3.05) is 0 Å². The normalized spacial score (nSPS) is 56.5. The number of hydrogen-bond donors (Lipinski definition) is 1. The van der Waals surface area contributed by atoms with E-state index in [0.29, 0.717) is 0 Å². The summed E-state index contributed by atoms with van der Waals surface area (Å²) in [7, 11) is 0.